The highest BCUT2D eigenvalue weighted by atomic mass is 16.4. The molecule has 0 heterocycles. The van der Waals surface area contributed by atoms with Gasteiger partial charge in [0.25, 0.3) is 0 Å². The van der Waals surface area contributed by atoms with Crippen molar-refractivity contribution in [2.75, 3.05) is 6.61 Å². The number of hydrogen-bond acceptors (Lipinski definition) is 7. The fourth-order valence-electron chi connectivity index (χ4n) is 0.794. The molecule has 0 aromatic heterocycles. The Morgan fingerprint density at radius 2 is 2.00 bits per heavy atom. The molecule has 0 aromatic rings. The van der Waals surface area contributed by atoms with Crippen LogP contribution in [0.2, 0.25) is 0 Å². The van der Waals surface area contributed by atoms with Crippen LogP contribution in [0.15, 0.2) is 5.11 Å². The molecule has 4 unspecified atom stereocenters. The zero-order valence-corrected chi connectivity index (χ0v) is 7.50. The number of carbonyl (C=O) groups excluding carboxylic acids is 1. The van der Waals surface area contributed by atoms with Gasteiger partial charge in [-0.15, -0.1) is 0 Å². The van der Waals surface area contributed by atoms with E-state index in [1.165, 1.54) is 0 Å². The van der Waals surface area contributed by atoms with E-state index in [4.69, 9.17) is 20.9 Å². The average molecular weight is 221 g/mol. The molecule has 0 aliphatic rings. The van der Waals surface area contributed by atoms with Gasteiger partial charge in [0, 0.05) is 4.91 Å². The molecule has 0 rings (SSSR count). The van der Waals surface area contributed by atoms with Crippen molar-refractivity contribution in [3.63, 3.8) is 0 Å². The lowest BCUT2D eigenvalue weighted by Crippen LogP contribution is -2.53. The third-order valence-corrected chi connectivity index (χ3v) is 1.72. The predicted octanol–water partition coefficient (Wildman–Crippen LogP) is -2.74. The third kappa shape index (κ3) is 3.13. The molecule has 0 saturated carbocycles. The molecule has 9 heteroatoms. The maximum Gasteiger partial charge on any atom is 0.227 e. The molecular formula is C6H11N3O6. The molecule has 86 valence electrons. The summed E-state index contributed by atoms with van der Waals surface area (Å²) in [6.45, 7) is -0.899. The maximum absolute atomic E-state index is 10.3. The first-order chi connectivity index (χ1) is 6.92. The second-order valence-corrected chi connectivity index (χ2v) is 2.78. The Labute approximate surface area is 83.8 Å². The van der Waals surface area contributed by atoms with Gasteiger partial charge in [-0.3, -0.25) is 4.79 Å². The van der Waals surface area contributed by atoms with Crippen LogP contribution in [0.3, 0.4) is 0 Å². The van der Waals surface area contributed by atoms with Crippen molar-refractivity contribution in [1.82, 2.24) is 0 Å². The Morgan fingerprint density at radius 1 is 1.47 bits per heavy atom. The summed E-state index contributed by atoms with van der Waals surface area (Å²) in [5.41, 5.74) is 5.11. The van der Waals surface area contributed by atoms with Crippen molar-refractivity contribution < 1.29 is 30.3 Å². The van der Waals surface area contributed by atoms with E-state index in [9.17, 15) is 15.0 Å². The van der Waals surface area contributed by atoms with E-state index in [0.29, 0.717) is 0 Å². The molecule has 0 aromatic carbocycles. The van der Waals surface area contributed by atoms with E-state index >= 15 is 0 Å². The van der Waals surface area contributed by atoms with Gasteiger partial charge in [0.1, 0.15) is 18.3 Å². The van der Waals surface area contributed by atoms with E-state index in [1.807, 2.05) is 0 Å². The summed E-state index contributed by atoms with van der Waals surface area (Å²) in [5, 5.41) is 47.4. The lowest BCUT2D eigenvalue weighted by molar-refractivity contribution is -0.162. The Morgan fingerprint density at radius 3 is 2.33 bits per heavy atom. The van der Waals surface area contributed by atoms with Gasteiger partial charge in [0.2, 0.25) is 5.72 Å². The van der Waals surface area contributed by atoms with Crippen LogP contribution in [0, 0.1) is 0 Å². The molecule has 0 bridgehead atoms. The molecule has 4 atom stereocenters. The maximum atomic E-state index is 10.3. The van der Waals surface area contributed by atoms with E-state index in [0.717, 1.165) is 0 Å². The molecule has 9 nitrogen and oxygen atoms in total. The van der Waals surface area contributed by atoms with Gasteiger partial charge in [-0.2, -0.15) is 0 Å². The summed E-state index contributed by atoms with van der Waals surface area (Å²) in [4.78, 5) is 12.4. The average Bonchev–Trinajstić information content (AvgIpc) is 2.26. The quantitative estimate of drug-likeness (QED) is 0.141. The number of hydrogen-bond donors (Lipinski definition) is 5. The van der Waals surface area contributed by atoms with Crippen molar-refractivity contribution in [1.29, 1.82) is 0 Å². The fraction of sp³-hybridized carbons (Fsp3) is 0.833. The van der Waals surface area contributed by atoms with Gasteiger partial charge in [-0.25, -0.2) is 0 Å². The summed E-state index contributed by atoms with van der Waals surface area (Å²) in [5.74, 6) is 0. The number of aliphatic hydroxyl groups excluding tert-OH is 4. The number of aliphatic hydroxyl groups is 5. The topological polar surface area (TPSA) is 167 Å². The summed E-state index contributed by atoms with van der Waals surface area (Å²) in [7, 11) is 0. The normalized spacial score (nSPS) is 20.6. The first-order valence-electron chi connectivity index (χ1n) is 3.83. The smallest absolute Gasteiger partial charge is 0.227 e. The Kier molecular flexibility index (Phi) is 5.15. The van der Waals surface area contributed by atoms with Crippen molar-refractivity contribution in [3.05, 3.63) is 10.4 Å². The molecule has 0 fully saturated rings. The molecule has 0 saturated heterocycles. The van der Waals surface area contributed by atoms with Crippen LogP contribution in [0.25, 0.3) is 10.4 Å². The zero-order chi connectivity index (χ0) is 12.1. The van der Waals surface area contributed by atoms with Crippen LogP contribution in [-0.2, 0) is 4.79 Å². The number of aldehydes is 1. The van der Waals surface area contributed by atoms with Gasteiger partial charge >= 0.3 is 0 Å². The molecule has 15 heavy (non-hydrogen) atoms. The molecule has 5 N–H and O–H groups in total. The molecule has 0 radical (unpaired) electrons. The van der Waals surface area contributed by atoms with Crippen molar-refractivity contribution in [2.45, 2.75) is 24.0 Å². The van der Waals surface area contributed by atoms with E-state index < -0.39 is 30.6 Å². The van der Waals surface area contributed by atoms with E-state index in [-0.39, 0.29) is 6.29 Å². The van der Waals surface area contributed by atoms with E-state index in [2.05, 4.69) is 10.0 Å². The molecular weight excluding hydrogens is 210 g/mol. The molecule has 0 amide bonds. The van der Waals surface area contributed by atoms with Crippen LogP contribution < -0.4 is 0 Å². The molecule has 0 spiro atoms. The molecule has 0 aliphatic heterocycles. The van der Waals surface area contributed by atoms with Crippen LogP contribution >= 0.6 is 0 Å². The highest BCUT2D eigenvalue weighted by molar-refractivity contribution is 5.62. The van der Waals surface area contributed by atoms with Gasteiger partial charge in [-0.1, -0.05) is 0 Å². The minimum Gasteiger partial charge on any atom is -0.394 e. The third-order valence-electron chi connectivity index (χ3n) is 1.72. The number of azide groups is 1. The first-order valence-corrected chi connectivity index (χ1v) is 3.83. The highest BCUT2D eigenvalue weighted by Gasteiger charge is 2.42. The summed E-state index contributed by atoms with van der Waals surface area (Å²) < 4.78 is 0. The van der Waals surface area contributed by atoms with Crippen molar-refractivity contribution in [2.24, 2.45) is 5.11 Å². The molecule has 0 aliphatic carbocycles. The van der Waals surface area contributed by atoms with Crippen molar-refractivity contribution in [3.8, 4) is 0 Å². The highest BCUT2D eigenvalue weighted by Crippen LogP contribution is 2.15. The van der Waals surface area contributed by atoms with Crippen molar-refractivity contribution >= 4 is 6.29 Å². The summed E-state index contributed by atoms with van der Waals surface area (Å²) >= 11 is 0. The zero-order valence-electron chi connectivity index (χ0n) is 7.50. The summed E-state index contributed by atoms with van der Waals surface area (Å²) in [6.07, 6.45) is -6.34. The van der Waals surface area contributed by atoms with Gasteiger partial charge in [0.15, 0.2) is 6.29 Å². The Hall–Kier alpha value is -1.22. The monoisotopic (exact) mass is 221 g/mol. The minimum atomic E-state index is -2.88. The lowest BCUT2D eigenvalue weighted by atomic mass is 10.00. The van der Waals surface area contributed by atoms with Crippen LogP contribution in [0.4, 0.5) is 0 Å². The van der Waals surface area contributed by atoms with E-state index in [1.54, 1.807) is 0 Å². The lowest BCUT2D eigenvalue weighted by Gasteiger charge is -2.28. The van der Waals surface area contributed by atoms with Gasteiger partial charge < -0.3 is 25.5 Å². The number of nitrogens with zero attached hydrogens (tertiary/aromatic N) is 3. The second kappa shape index (κ2) is 5.61. The Bertz CT molecular complexity index is 268. The predicted molar refractivity (Wildman–Crippen MR) is 45.3 cm³/mol. The van der Waals surface area contributed by atoms with Crippen LogP contribution in [0.1, 0.15) is 0 Å². The first kappa shape index (κ1) is 13.8. The Balaban J connectivity index is 4.86. The van der Waals surface area contributed by atoms with Gasteiger partial charge in [0.05, 0.1) is 6.61 Å². The summed E-state index contributed by atoms with van der Waals surface area (Å²) in [6, 6.07) is 0. The van der Waals surface area contributed by atoms with Crippen LogP contribution in [0.5, 0.6) is 0 Å². The number of carbonyl (C=O) groups is 1. The largest absolute Gasteiger partial charge is 0.394 e. The fourth-order valence-corrected chi connectivity index (χ4v) is 0.794. The standard InChI is InChI=1S/C6H11N3O6/c7-9-8-6(15,2-11)5(14)4(13)3(12)1-10/h2-5,10,12-15H,1H2. The number of rotatable bonds is 6. The second-order valence-electron chi connectivity index (χ2n) is 2.78. The van der Waals surface area contributed by atoms with Crippen LogP contribution in [-0.4, -0.2) is 62.5 Å². The van der Waals surface area contributed by atoms with Gasteiger partial charge in [-0.05, 0) is 10.6 Å². The minimum absolute atomic E-state index is 0.287. The SMILES string of the molecule is [N-]=[N+]=NC(O)(C=O)C(O)C(O)C(O)CO.